The zero-order chi connectivity index (χ0) is 13.4. The molecule has 0 aliphatic carbocycles. The Hall–Kier alpha value is 0.320. The van der Waals surface area contributed by atoms with Gasteiger partial charge in [0.1, 0.15) is 0 Å². The molecule has 0 bridgehead atoms. The standard InChI is InChI=1S/C13H12Br3NS/c1-6-3-10(15)8(5-9(6)14)12(17)11-4-7(2)13(16)18-11/h3-5,12H,17H2,1-2H3. The predicted molar refractivity (Wildman–Crippen MR) is 89.4 cm³/mol. The molecule has 0 saturated heterocycles. The molecule has 1 atom stereocenters. The number of benzene rings is 1. The molecule has 96 valence electrons. The van der Waals surface area contributed by atoms with E-state index in [-0.39, 0.29) is 6.04 Å². The van der Waals surface area contributed by atoms with E-state index in [0.29, 0.717) is 0 Å². The molecule has 0 aliphatic heterocycles. The number of rotatable bonds is 2. The maximum absolute atomic E-state index is 6.36. The van der Waals surface area contributed by atoms with Crippen LogP contribution < -0.4 is 5.73 Å². The first kappa shape index (κ1) is 14.7. The van der Waals surface area contributed by atoms with Crippen LogP contribution in [0.25, 0.3) is 0 Å². The van der Waals surface area contributed by atoms with Crippen molar-refractivity contribution in [2.45, 2.75) is 19.9 Å². The Labute approximate surface area is 136 Å². The summed E-state index contributed by atoms with van der Waals surface area (Å²) in [5, 5.41) is 0. The largest absolute Gasteiger partial charge is 0.320 e. The van der Waals surface area contributed by atoms with Gasteiger partial charge in [0.25, 0.3) is 0 Å². The van der Waals surface area contributed by atoms with Crippen molar-refractivity contribution in [2.75, 3.05) is 0 Å². The third-order valence-electron chi connectivity index (χ3n) is 2.80. The van der Waals surface area contributed by atoms with Gasteiger partial charge in [0.2, 0.25) is 0 Å². The normalized spacial score (nSPS) is 12.8. The van der Waals surface area contributed by atoms with Crippen LogP contribution in [-0.4, -0.2) is 0 Å². The first-order valence-corrected chi connectivity index (χ1v) is 8.56. The zero-order valence-corrected chi connectivity index (χ0v) is 15.5. The van der Waals surface area contributed by atoms with Crippen LogP contribution in [0.1, 0.15) is 27.6 Å². The fourth-order valence-electron chi connectivity index (χ4n) is 1.69. The fraction of sp³-hybridized carbons (Fsp3) is 0.231. The minimum atomic E-state index is -0.105. The van der Waals surface area contributed by atoms with E-state index in [0.717, 1.165) is 23.2 Å². The lowest BCUT2D eigenvalue weighted by Crippen LogP contribution is -2.11. The van der Waals surface area contributed by atoms with Gasteiger partial charge in [-0.2, -0.15) is 0 Å². The van der Waals surface area contributed by atoms with Gasteiger partial charge in [0.05, 0.1) is 9.83 Å². The average Bonchev–Trinajstić information content (AvgIpc) is 2.63. The molecule has 0 spiro atoms. The first-order chi connectivity index (χ1) is 8.40. The van der Waals surface area contributed by atoms with Gasteiger partial charge in [-0.15, -0.1) is 11.3 Å². The summed E-state index contributed by atoms with van der Waals surface area (Å²) in [6, 6.07) is 6.22. The van der Waals surface area contributed by atoms with Crippen molar-refractivity contribution < 1.29 is 0 Å². The summed E-state index contributed by atoms with van der Waals surface area (Å²) in [6.07, 6.45) is 0. The molecule has 1 nitrogen and oxygen atoms in total. The molecule has 0 radical (unpaired) electrons. The Morgan fingerprint density at radius 1 is 1.00 bits per heavy atom. The van der Waals surface area contributed by atoms with Crippen molar-refractivity contribution in [1.82, 2.24) is 0 Å². The molecule has 1 aromatic carbocycles. The van der Waals surface area contributed by atoms with Gasteiger partial charge >= 0.3 is 0 Å². The number of aryl methyl sites for hydroxylation is 2. The SMILES string of the molecule is Cc1cc(Br)c(C(N)c2cc(C)c(Br)s2)cc1Br. The van der Waals surface area contributed by atoms with E-state index < -0.39 is 0 Å². The van der Waals surface area contributed by atoms with Crippen molar-refractivity contribution in [3.8, 4) is 0 Å². The predicted octanol–water partition coefficient (Wildman–Crippen LogP) is 5.70. The van der Waals surface area contributed by atoms with Gasteiger partial charge in [-0.25, -0.2) is 0 Å². The number of halogens is 3. The fourth-order valence-corrected chi connectivity index (χ4v) is 4.35. The van der Waals surface area contributed by atoms with E-state index >= 15 is 0 Å². The molecule has 2 aromatic rings. The number of thiophene rings is 1. The second-order valence-corrected chi connectivity index (χ2v) is 8.32. The Morgan fingerprint density at radius 2 is 1.67 bits per heavy atom. The molecule has 1 aromatic heterocycles. The van der Waals surface area contributed by atoms with Gasteiger partial charge in [0.15, 0.2) is 0 Å². The quantitative estimate of drug-likeness (QED) is 0.620. The lowest BCUT2D eigenvalue weighted by Gasteiger charge is -2.14. The van der Waals surface area contributed by atoms with Crippen LogP contribution in [0.2, 0.25) is 0 Å². The second kappa shape index (κ2) is 5.75. The van der Waals surface area contributed by atoms with Gasteiger partial charge < -0.3 is 5.73 Å². The van der Waals surface area contributed by atoms with Crippen LogP contribution in [0.15, 0.2) is 30.9 Å². The molecule has 0 aliphatic rings. The highest BCUT2D eigenvalue weighted by Gasteiger charge is 2.17. The van der Waals surface area contributed by atoms with Crippen LogP contribution in [0.3, 0.4) is 0 Å². The van der Waals surface area contributed by atoms with E-state index in [4.69, 9.17) is 5.73 Å². The van der Waals surface area contributed by atoms with Crippen molar-refractivity contribution >= 4 is 59.1 Å². The molecule has 1 heterocycles. The maximum atomic E-state index is 6.36. The summed E-state index contributed by atoms with van der Waals surface area (Å²) >= 11 is 12.4. The van der Waals surface area contributed by atoms with Gasteiger partial charge in [0, 0.05) is 13.8 Å². The summed E-state index contributed by atoms with van der Waals surface area (Å²) < 4.78 is 3.29. The van der Waals surface area contributed by atoms with E-state index in [1.54, 1.807) is 11.3 Å². The third-order valence-corrected chi connectivity index (χ3v) is 6.56. The minimum Gasteiger partial charge on any atom is -0.320 e. The van der Waals surface area contributed by atoms with Gasteiger partial charge in [-0.1, -0.05) is 31.9 Å². The smallest absolute Gasteiger partial charge is 0.0731 e. The molecule has 18 heavy (non-hydrogen) atoms. The lowest BCUT2D eigenvalue weighted by atomic mass is 10.0. The van der Waals surface area contributed by atoms with Crippen LogP contribution in [-0.2, 0) is 0 Å². The van der Waals surface area contributed by atoms with E-state index in [9.17, 15) is 0 Å². The Morgan fingerprint density at radius 3 is 2.22 bits per heavy atom. The summed E-state index contributed by atoms with van der Waals surface area (Å²) in [6.45, 7) is 4.15. The Balaban J connectivity index is 2.45. The molecule has 2 rings (SSSR count). The second-order valence-electron chi connectivity index (χ2n) is 4.21. The van der Waals surface area contributed by atoms with Gasteiger partial charge in [-0.05, 0) is 64.7 Å². The highest BCUT2D eigenvalue weighted by Crippen LogP contribution is 2.37. The van der Waals surface area contributed by atoms with E-state index in [1.165, 1.54) is 11.1 Å². The lowest BCUT2D eigenvalue weighted by molar-refractivity contribution is 0.884. The summed E-state index contributed by atoms with van der Waals surface area (Å²) in [7, 11) is 0. The topological polar surface area (TPSA) is 26.0 Å². The molecule has 1 unspecified atom stereocenters. The number of nitrogens with two attached hydrogens (primary N) is 1. The molecule has 2 N–H and O–H groups in total. The highest BCUT2D eigenvalue weighted by molar-refractivity contribution is 9.11. The van der Waals surface area contributed by atoms with E-state index in [2.05, 4.69) is 79.8 Å². The summed E-state index contributed by atoms with van der Waals surface area (Å²) in [4.78, 5) is 1.16. The van der Waals surface area contributed by atoms with Crippen LogP contribution in [0, 0.1) is 13.8 Å². The molecular weight excluding hydrogens is 442 g/mol. The minimum absolute atomic E-state index is 0.105. The Kier molecular flexibility index (Phi) is 4.70. The third kappa shape index (κ3) is 2.90. The van der Waals surface area contributed by atoms with Crippen LogP contribution >= 0.6 is 59.1 Å². The molecule has 0 fully saturated rings. The molecule has 5 heteroatoms. The van der Waals surface area contributed by atoms with Gasteiger partial charge in [-0.3, -0.25) is 0 Å². The van der Waals surface area contributed by atoms with Crippen molar-refractivity contribution in [3.63, 3.8) is 0 Å². The van der Waals surface area contributed by atoms with Crippen molar-refractivity contribution in [2.24, 2.45) is 5.73 Å². The highest BCUT2D eigenvalue weighted by atomic mass is 79.9. The van der Waals surface area contributed by atoms with Crippen molar-refractivity contribution in [3.05, 3.63) is 52.5 Å². The monoisotopic (exact) mass is 451 g/mol. The molecule has 0 saturated carbocycles. The first-order valence-electron chi connectivity index (χ1n) is 5.37. The number of hydrogen-bond acceptors (Lipinski definition) is 2. The Bertz CT molecular complexity index is 573. The van der Waals surface area contributed by atoms with Crippen LogP contribution in [0.5, 0.6) is 0 Å². The average molecular weight is 454 g/mol. The van der Waals surface area contributed by atoms with Crippen LogP contribution in [0.4, 0.5) is 0 Å². The summed E-state index contributed by atoms with van der Waals surface area (Å²) in [5.41, 5.74) is 9.88. The zero-order valence-electron chi connectivity index (χ0n) is 9.93. The van der Waals surface area contributed by atoms with E-state index in [1.807, 2.05) is 0 Å². The molecule has 0 amide bonds. The summed E-state index contributed by atoms with van der Waals surface area (Å²) in [5.74, 6) is 0. The number of hydrogen-bond donors (Lipinski definition) is 1. The van der Waals surface area contributed by atoms with Crippen molar-refractivity contribution in [1.29, 1.82) is 0 Å². The molecular formula is C13H12Br3NS. The maximum Gasteiger partial charge on any atom is 0.0731 e.